The lowest BCUT2D eigenvalue weighted by molar-refractivity contribution is -0.677. The fourth-order valence-electron chi connectivity index (χ4n) is 1.40. The van der Waals surface area contributed by atoms with Gasteiger partial charge in [-0.3, -0.25) is 0 Å². The molecule has 68 valence electrons. The first-order chi connectivity index (χ1) is 5.84. The lowest BCUT2D eigenvalue weighted by Gasteiger charge is -1.95. The Labute approximate surface area is 74.6 Å². The molecular formula is C10H19N2+. The molecule has 0 saturated heterocycles. The maximum absolute atomic E-state index is 3.25. The van der Waals surface area contributed by atoms with Gasteiger partial charge in [-0.2, -0.15) is 0 Å². The minimum Gasteiger partial charge on any atom is -0.248 e. The van der Waals surface area contributed by atoms with Crippen molar-refractivity contribution in [3.05, 3.63) is 18.2 Å². The molecule has 0 unspecified atom stereocenters. The van der Waals surface area contributed by atoms with Gasteiger partial charge in [-0.1, -0.05) is 26.2 Å². The predicted molar refractivity (Wildman–Crippen MR) is 49.8 cm³/mol. The van der Waals surface area contributed by atoms with Crippen LogP contribution in [0.3, 0.4) is 0 Å². The van der Waals surface area contributed by atoms with Crippen LogP contribution in [0.5, 0.6) is 0 Å². The van der Waals surface area contributed by atoms with E-state index in [0.717, 1.165) is 0 Å². The standard InChI is InChI=1S/C10H18N2/c1-3-4-5-6-7-10-11-8-9-12(10)2/h8-9H,3-7H2,1-2H3/p+1. The average Bonchev–Trinajstić information content (AvgIpc) is 2.46. The summed E-state index contributed by atoms with van der Waals surface area (Å²) in [6.45, 7) is 2.24. The van der Waals surface area contributed by atoms with Gasteiger partial charge in [-0.15, -0.1) is 0 Å². The fourth-order valence-corrected chi connectivity index (χ4v) is 1.40. The van der Waals surface area contributed by atoms with Crippen LogP contribution in [-0.2, 0) is 13.5 Å². The number of nitrogens with one attached hydrogen (secondary N) is 1. The quantitative estimate of drug-likeness (QED) is 0.511. The van der Waals surface area contributed by atoms with Crippen molar-refractivity contribution in [3.63, 3.8) is 0 Å². The SMILES string of the molecule is CCCCCCc1[nH]cc[n+]1C. The van der Waals surface area contributed by atoms with Crippen molar-refractivity contribution in [3.8, 4) is 0 Å². The molecule has 0 aromatic carbocycles. The van der Waals surface area contributed by atoms with Crippen molar-refractivity contribution in [2.45, 2.75) is 39.0 Å². The summed E-state index contributed by atoms with van der Waals surface area (Å²) < 4.78 is 2.16. The van der Waals surface area contributed by atoms with E-state index in [1.54, 1.807) is 0 Å². The summed E-state index contributed by atoms with van der Waals surface area (Å²) in [6.07, 6.45) is 10.6. The Bertz CT molecular complexity index is 215. The molecule has 2 nitrogen and oxygen atoms in total. The van der Waals surface area contributed by atoms with Gasteiger partial charge in [0.2, 0.25) is 0 Å². The van der Waals surface area contributed by atoms with Crippen molar-refractivity contribution in [2.24, 2.45) is 7.05 Å². The topological polar surface area (TPSA) is 19.7 Å². The van der Waals surface area contributed by atoms with Crippen LogP contribution in [0.2, 0.25) is 0 Å². The molecule has 2 heteroatoms. The van der Waals surface area contributed by atoms with Crippen molar-refractivity contribution in [2.75, 3.05) is 0 Å². The van der Waals surface area contributed by atoms with Crippen molar-refractivity contribution in [1.29, 1.82) is 0 Å². The Kier molecular flexibility index (Phi) is 3.85. The van der Waals surface area contributed by atoms with Crippen molar-refractivity contribution < 1.29 is 4.57 Å². The van der Waals surface area contributed by atoms with E-state index in [2.05, 4.69) is 29.7 Å². The third-order valence-electron chi connectivity index (χ3n) is 2.24. The Morgan fingerprint density at radius 1 is 1.33 bits per heavy atom. The lowest BCUT2D eigenvalue weighted by atomic mass is 10.1. The van der Waals surface area contributed by atoms with Gasteiger partial charge in [-0.05, 0) is 6.42 Å². The van der Waals surface area contributed by atoms with Crippen molar-refractivity contribution >= 4 is 0 Å². The van der Waals surface area contributed by atoms with Crippen LogP contribution >= 0.6 is 0 Å². The highest BCUT2D eigenvalue weighted by molar-refractivity contribution is 4.76. The largest absolute Gasteiger partial charge is 0.253 e. The fraction of sp³-hybridized carbons (Fsp3) is 0.700. The number of unbranched alkanes of at least 4 members (excludes halogenated alkanes) is 3. The molecule has 1 rings (SSSR count). The van der Waals surface area contributed by atoms with E-state index in [4.69, 9.17) is 0 Å². The molecule has 0 bridgehead atoms. The van der Waals surface area contributed by atoms with E-state index in [-0.39, 0.29) is 0 Å². The van der Waals surface area contributed by atoms with Gasteiger partial charge in [0.05, 0.1) is 7.05 Å². The summed E-state index contributed by atoms with van der Waals surface area (Å²) in [5.41, 5.74) is 0. The Hall–Kier alpha value is -0.790. The number of hydrogen-bond donors (Lipinski definition) is 1. The van der Waals surface area contributed by atoms with Crippen molar-refractivity contribution in [1.82, 2.24) is 4.98 Å². The molecule has 1 aromatic heterocycles. The van der Waals surface area contributed by atoms with E-state index in [0.29, 0.717) is 0 Å². The molecule has 1 heterocycles. The zero-order valence-corrected chi connectivity index (χ0v) is 8.14. The molecule has 1 aromatic rings. The summed E-state index contributed by atoms with van der Waals surface area (Å²) >= 11 is 0. The van der Waals surface area contributed by atoms with Crippen LogP contribution in [0.25, 0.3) is 0 Å². The molecule has 0 aliphatic carbocycles. The van der Waals surface area contributed by atoms with Gasteiger partial charge in [0.25, 0.3) is 5.82 Å². The van der Waals surface area contributed by atoms with Gasteiger partial charge in [-0.25, -0.2) is 9.55 Å². The lowest BCUT2D eigenvalue weighted by Crippen LogP contribution is -2.30. The van der Waals surface area contributed by atoms with E-state index in [1.165, 1.54) is 37.9 Å². The van der Waals surface area contributed by atoms with Gasteiger partial charge in [0.1, 0.15) is 12.4 Å². The summed E-state index contributed by atoms with van der Waals surface area (Å²) in [7, 11) is 2.09. The minimum atomic E-state index is 1.18. The molecule has 0 spiro atoms. The number of imidazole rings is 1. The molecule has 1 N–H and O–H groups in total. The van der Waals surface area contributed by atoms with Crippen LogP contribution in [0.15, 0.2) is 12.4 Å². The van der Waals surface area contributed by atoms with Gasteiger partial charge < -0.3 is 0 Å². The number of rotatable bonds is 5. The molecule has 0 aliphatic heterocycles. The molecule has 0 fully saturated rings. The van der Waals surface area contributed by atoms with Crippen LogP contribution in [0, 0.1) is 0 Å². The molecule has 12 heavy (non-hydrogen) atoms. The second kappa shape index (κ2) is 4.96. The first-order valence-electron chi connectivity index (χ1n) is 4.86. The number of nitrogens with zero attached hydrogens (tertiary/aromatic N) is 1. The third kappa shape index (κ3) is 2.68. The van der Waals surface area contributed by atoms with E-state index < -0.39 is 0 Å². The van der Waals surface area contributed by atoms with Gasteiger partial charge in [0, 0.05) is 6.42 Å². The van der Waals surface area contributed by atoms with Crippen LogP contribution in [0.1, 0.15) is 38.4 Å². The smallest absolute Gasteiger partial charge is 0.248 e. The Balaban J connectivity index is 2.20. The summed E-state index contributed by atoms with van der Waals surface area (Å²) in [4.78, 5) is 3.25. The second-order valence-electron chi connectivity index (χ2n) is 3.33. The summed E-state index contributed by atoms with van der Waals surface area (Å²) in [6, 6.07) is 0. The van der Waals surface area contributed by atoms with E-state index >= 15 is 0 Å². The molecule has 0 amide bonds. The highest BCUT2D eigenvalue weighted by atomic mass is 15.0. The monoisotopic (exact) mass is 167 g/mol. The number of hydrogen-bond acceptors (Lipinski definition) is 0. The summed E-state index contributed by atoms with van der Waals surface area (Å²) in [5.74, 6) is 1.34. The van der Waals surface area contributed by atoms with E-state index in [9.17, 15) is 0 Å². The van der Waals surface area contributed by atoms with Crippen LogP contribution in [0.4, 0.5) is 0 Å². The average molecular weight is 167 g/mol. The number of H-pyrrole nitrogens is 1. The maximum atomic E-state index is 3.25. The first-order valence-corrected chi connectivity index (χ1v) is 4.86. The zero-order chi connectivity index (χ0) is 8.81. The highest BCUT2D eigenvalue weighted by Gasteiger charge is 2.04. The number of aryl methyl sites for hydroxylation is 2. The van der Waals surface area contributed by atoms with Gasteiger partial charge >= 0.3 is 0 Å². The van der Waals surface area contributed by atoms with Gasteiger partial charge in [0.15, 0.2) is 0 Å². The van der Waals surface area contributed by atoms with Crippen LogP contribution < -0.4 is 4.57 Å². The summed E-state index contributed by atoms with van der Waals surface area (Å²) in [5, 5.41) is 0. The molecule has 0 aliphatic rings. The second-order valence-corrected chi connectivity index (χ2v) is 3.33. The highest BCUT2D eigenvalue weighted by Crippen LogP contribution is 2.02. The first kappa shape index (κ1) is 9.30. The Morgan fingerprint density at radius 3 is 2.75 bits per heavy atom. The third-order valence-corrected chi connectivity index (χ3v) is 2.24. The van der Waals surface area contributed by atoms with E-state index in [1.807, 2.05) is 6.20 Å². The Morgan fingerprint density at radius 2 is 2.17 bits per heavy atom. The normalized spacial score (nSPS) is 10.5. The predicted octanol–water partition coefficient (Wildman–Crippen LogP) is 1.96. The maximum Gasteiger partial charge on any atom is 0.253 e. The molecular weight excluding hydrogens is 148 g/mol. The molecule has 0 atom stereocenters. The molecule has 0 radical (unpaired) electrons. The minimum absolute atomic E-state index is 1.18. The van der Waals surface area contributed by atoms with Crippen LogP contribution in [-0.4, -0.2) is 4.98 Å². The molecule has 0 saturated carbocycles. The number of aromatic nitrogens is 2. The number of aromatic amines is 1. The zero-order valence-electron chi connectivity index (χ0n) is 8.14.